The van der Waals surface area contributed by atoms with Gasteiger partial charge in [0.1, 0.15) is 11.5 Å². The van der Waals surface area contributed by atoms with E-state index in [1.54, 1.807) is 7.11 Å². The molecule has 1 N–H and O–H groups in total. The first-order chi connectivity index (χ1) is 9.24. The van der Waals surface area contributed by atoms with E-state index in [2.05, 4.69) is 18.3 Å². The highest BCUT2D eigenvalue weighted by Gasteiger charge is 2.18. The van der Waals surface area contributed by atoms with E-state index in [4.69, 9.17) is 14.2 Å². The van der Waals surface area contributed by atoms with Gasteiger partial charge in [0.2, 0.25) is 0 Å². The number of hydrogen-bond donors (Lipinski definition) is 1. The summed E-state index contributed by atoms with van der Waals surface area (Å²) in [6.45, 7) is 4.48. The minimum absolute atomic E-state index is 0.251. The molecule has 4 heteroatoms. The number of benzene rings is 1. The molecule has 1 aromatic rings. The van der Waals surface area contributed by atoms with Gasteiger partial charge in [0, 0.05) is 30.2 Å². The Bertz CT molecular complexity index is 402. The van der Waals surface area contributed by atoms with E-state index < -0.39 is 0 Å². The molecule has 19 heavy (non-hydrogen) atoms. The second-order valence-electron chi connectivity index (χ2n) is 4.95. The lowest BCUT2D eigenvalue weighted by Crippen LogP contribution is -2.16. The fraction of sp³-hybridized carbons (Fsp3) is 0.600. The highest BCUT2D eigenvalue weighted by molar-refractivity contribution is 5.42. The van der Waals surface area contributed by atoms with Crippen LogP contribution >= 0.6 is 0 Å². The highest BCUT2D eigenvalue weighted by Crippen LogP contribution is 2.30. The SMILES string of the molecule is CNC(C)c1ccc(OC)cc1OCC1CCOC1. The van der Waals surface area contributed by atoms with Crippen LogP contribution in [0.3, 0.4) is 0 Å². The Morgan fingerprint density at radius 3 is 2.95 bits per heavy atom. The van der Waals surface area contributed by atoms with Gasteiger partial charge in [0.15, 0.2) is 0 Å². The van der Waals surface area contributed by atoms with Gasteiger partial charge in [0.25, 0.3) is 0 Å². The van der Waals surface area contributed by atoms with Crippen molar-refractivity contribution < 1.29 is 14.2 Å². The summed E-state index contributed by atoms with van der Waals surface area (Å²) in [5, 5.41) is 3.24. The Balaban J connectivity index is 2.09. The molecule has 0 spiro atoms. The standard InChI is InChI=1S/C15H23NO3/c1-11(16-2)14-5-4-13(17-3)8-15(14)19-10-12-6-7-18-9-12/h4-5,8,11-12,16H,6-7,9-10H2,1-3H3. The maximum absolute atomic E-state index is 5.99. The maximum Gasteiger partial charge on any atom is 0.127 e. The minimum atomic E-state index is 0.251. The number of methoxy groups -OCH3 is 1. The summed E-state index contributed by atoms with van der Waals surface area (Å²) in [6, 6.07) is 6.23. The van der Waals surface area contributed by atoms with Crippen molar-refractivity contribution in [3.8, 4) is 11.5 Å². The molecule has 1 heterocycles. The van der Waals surface area contributed by atoms with Gasteiger partial charge in [-0.1, -0.05) is 6.07 Å². The molecular formula is C15H23NO3. The number of hydrogen-bond acceptors (Lipinski definition) is 4. The summed E-state index contributed by atoms with van der Waals surface area (Å²) in [5.41, 5.74) is 1.15. The molecule has 2 rings (SSSR count). The van der Waals surface area contributed by atoms with E-state index in [9.17, 15) is 0 Å². The third-order valence-electron chi connectivity index (χ3n) is 3.62. The van der Waals surface area contributed by atoms with Crippen LogP contribution in [0, 0.1) is 5.92 Å². The molecule has 0 saturated carbocycles. The van der Waals surface area contributed by atoms with Crippen molar-refractivity contribution in [2.75, 3.05) is 34.0 Å². The van der Waals surface area contributed by atoms with Crippen LogP contribution in [0.5, 0.6) is 11.5 Å². The van der Waals surface area contributed by atoms with E-state index in [1.165, 1.54) is 0 Å². The van der Waals surface area contributed by atoms with Crippen molar-refractivity contribution in [3.05, 3.63) is 23.8 Å². The summed E-state index contributed by atoms with van der Waals surface area (Å²) >= 11 is 0. The molecule has 106 valence electrons. The van der Waals surface area contributed by atoms with Crippen LogP contribution in [0.1, 0.15) is 24.9 Å². The van der Waals surface area contributed by atoms with Gasteiger partial charge in [-0.3, -0.25) is 0 Å². The van der Waals surface area contributed by atoms with Gasteiger partial charge in [-0.2, -0.15) is 0 Å². The van der Waals surface area contributed by atoms with Crippen LogP contribution in [0.2, 0.25) is 0 Å². The molecule has 1 aliphatic heterocycles. The fourth-order valence-electron chi connectivity index (χ4n) is 2.20. The molecular weight excluding hydrogens is 242 g/mol. The van der Waals surface area contributed by atoms with Crippen LogP contribution in [0.15, 0.2) is 18.2 Å². The topological polar surface area (TPSA) is 39.7 Å². The Kier molecular flexibility index (Phi) is 5.05. The average Bonchev–Trinajstić information content (AvgIpc) is 2.97. The fourth-order valence-corrected chi connectivity index (χ4v) is 2.20. The first-order valence-electron chi connectivity index (χ1n) is 6.80. The summed E-state index contributed by atoms with van der Waals surface area (Å²) in [7, 11) is 3.62. The molecule has 0 aliphatic carbocycles. The van der Waals surface area contributed by atoms with Crippen molar-refractivity contribution in [1.82, 2.24) is 5.32 Å². The third-order valence-corrected chi connectivity index (χ3v) is 3.62. The van der Waals surface area contributed by atoms with Gasteiger partial charge >= 0.3 is 0 Å². The van der Waals surface area contributed by atoms with Gasteiger partial charge in [-0.25, -0.2) is 0 Å². The molecule has 1 aliphatic rings. The smallest absolute Gasteiger partial charge is 0.127 e. The van der Waals surface area contributed by atoms with Gasteiger partial charge in [0.05, 0.1) is 20.3 Å². The van der Waals surface area contributed by atoms with Crippen molar-refractivity contribution in [1.29, 1.82) is 0 Å². The van der Waals surface area contributed by atoms with Crippen LogP contribution in [-0.2, 0) is 4.74 Å². The molecule has 0 bridgehead atoms. The molecule has 0 radical (unpaired) electrons. The monoisotopic (exact) mass is 265 g/mol. The van der Waals surface area contributed by atoms with Crippen LogP contribution in [0.25, 0.3) is 0 Å². The first kappa shape index (κ1) is 14.2. The first-order valence-corrected chi connectivity index (χ1v) is 6.80. The third kappa shape index (κ3) is 3.61. The Hall–Kier alpha value is -1.26. The molecule has 4 nitrogen and oxygen atoms in total. The predicted octanol–water partition coefficient (Wildman–Crippen LogP) is 2.39. The van der Waals surface area contributed by atoms with Crippen LogP contribution < -0.4 is 14.8 Å². The van der Waals surface area contributed by atoms with E-state index >= 15 is 0 Å². The van der Waals surface area contributed by atoms with Crippen molar-refractivity contribution >= 4 is 0 Å². The van der Waals surface area contributed by atoms with E-state index in [-0.39, 0.29) is 6.04 Å². The lowest BCUT2D eigenvalue weighted by Gasteiger charge is -2.18. The van der Waals surface area contributed by atoms with Gasteiger partial charge in [-0.05, 0) is 26.5 Å². The van der Waals surface area contributed by atoms with Crippen molar-refractivity contribution in [2.24, 2.45) is 5.92 Å². The normalized spacial score (nSPS) is 20.3. The van der Waals surface area contributed by atoms with Crippen LogP contribution in [-0.4, -0.2) is 34.0 Å². The zero-order valence-electron chi connectivity index (χ0n) is 11.9. The van der Waals surface area contributed by atoms with Gasteiger partial charge < -0.3 is 19.5 Å². The van der Waals surface area contributed by atoms with E-state index in [1.807, 2.05) is 19.2 Å². The number of nitrogens with one attached hydrogen (secondary N) is 1. The molecule has 2 unspecified atom stereocenters. The lowest BCUT2D eigenvalue weighted by atomic mass is 10.1. The quantitative estimate of drug-likeness (QED) is 0.857. The highest BCUT2D eigenvalue weighted by atomic mass is 16.5. The summed E-state index contributed by atoms with van der Waals surface area (Å²) in [6.07, 6.45) is 1.08. The largest absolute Gasteiger partial charge is 0.497 e. The maximum atomic E-state index is 5.99. The summed E-state index contributed by atoms with van der Waals surface area (Å²) in [4.78, 5) is 0. The average molecular weight is 265 g/mol. The molecule has 1 fully saturated rings. The van der Waals surface area contributed by atoms with Crippen molar-refractivity contribution in [3.63, 3.8) is 0 Å². The Morgan fingerprint density at radius 2 is 2.32 bits per heavy atom. The summed E-state index contributed by atoms with van der Waals surface area (Å²) < 4.78 is 16.6. The lowest BCUT2D eigenvalue weighted by molar-refractivity contribution is 0.166. The zero-order valence-corrected chi connectivity index (χ0v) is 11.9. The van der Waals surface area contributed by atoms with Crippen LogP contribution in [0.4, 0.5) is 0 Å². The molecule has 0 amide bonds. The molecule has 2 atom stereocenters. The second kappa shape index (κ2) is 6.78. The second-order valence-corrected chi connectivity index (χ2v) is 4.95. The minimum Gasteiger partial charge on any atom is -0.497 e. The van der Waals surface area contributed by atoms with Crippen molar-refractivity contribution in [2.45, 2.75) is 19.4 Å². The zero-order chi connectivity index (χ0) is 13.7. The molecule has 0 aromatic heterocycles. The molecule has 1 aromatic carbocycles. The molecule has 1 saturated heterocycles. The summed E-state index contributed by atoms with van der Waals surface area (Å²) in [5.74, 6) is 2.22. The van der Waals surface area contributed by atoms with Gasteiger partial charge in [-0.15, -0.1) is 0 Å². The van der Waals surface area contributed by atoms with E-state index in [0.29, 0.717) is 12.5 Å². The Morgan fingerprint density at radius 1 is 1.47 bits per heavy atom. The Labute approximate surface area is 115 Å². The number of ether oxygens (including phenoxy) is 3. The number of rotatable bonds is 6. The predicted molar refractivity (Wildman–Crippen MR) is 74.9 cm³/mol. The van der Waals surface area contributed by atoms with E-state index in [0.717, 1.165) is 36.7 Å².